The van der Waals surface area contributed by atoms with Crippen molar-refractivity contribution in [3.8, 4) is 6.07 Å². The van der Waals surface area contributed by atoms with E-state index in [4.69, 9.17) is 9.68 Å². The number of hydrogen-bond donors (Lipinski definition) is 0. The van der Waals surface area contributed by atoms with E-state index in [1.54, 1.807) is 6.26 Å². The third kappa shape index (κ3) is 1.84. The van der Waals surface area contributed by atoms with Gasteiger partial charge in [-0.2, -0.15) is 5.26 Å². The first-order valence-corrected chi connectivity index (χ1v) is 3.68. The number of furan rings is 1. The van der Waals surface area contributed by atoms with Gasteiger partial charge in [0, 0.05) is 0 Å². The molecule has 58 valence electrons. The molecule has 0 bridgehead atoms. The Balaban J connectivity index is 2.75. The summed E-state index contributed by atoms with van der Waals surface area (Å²) in [7, 11) is 0. The van der Waals surface area contributed by atoms with Gasteiger partial charge in [0.15, 0.2) is 0 Å². The molecule has 1 aromatic rings. The highest BCUT2D eigenvalue weighted by Gasteiger charge is 2.03. The van der Waals surface area contributed by atoms with Crippen molar-refractivity contribution in [2.75, 3.05) is 0 Å². The van der Waals surface area contributed by atoms with Crippen LogP contribution in [-0.4, -0.2) is 0 Å². The maximum absolute atomic E-state index is 8.36. The fraction of sp³-hybridized carbons (Fsp3) is 0.444. The third-order valence-electron chi connectivity index (χ3n) is 1.59. The van der Waals surface area contributed by atoms with Crippen molar-refractivity contribution in [3.63, 3.8) is 0 Å². The molecule has 0 spiro atoms. The number of rotatable bonds is 2. The molecule has 1 rings (SSSR count). The molecule has 0 saturated heterocycles. The van der Waals surface area contributed by atoms with Crippen LogP contribution in [0.25, 0.3) is 0 Å². The summed E-state index contributed by atoms with van der Waals surface area (Å²) in [5.41, 5.74) is 1.16. The van der Waals surface area contributed by atoms with Gasteiger partial charge in [-0.1, -0.05) is 13.8 Å². The Morgan fingerprint density at radius 1 is 1.64 bits per heavy atom. The summed E-state index contributed by atoms with van der Waals surface area (Å²) >= 11 is 0. The van der Waals surface area contributed by atoms with Crippen LogP contribution in [0.4, 0.5) is 0 Å². The molecule has 0 aromatic carbocycles. The molecule has 0 fully saturated rings. The van der Waals surface area contributed by atoms with Gasteiger partial charge >= 0.3 is 0 Å². The van der Waals surface area contributed by atoms with Crippen LogP contribution in [0.1, 0.15) is 31.1 Å². The van der Waals surface area contributed by atoms with E-state index in [0.717, 1.165) is 11.3 Å². The van der Waals surface area contributed by atoms with E-state index in [2.05, 4.69) is 13.8 Å². The van der Waals surface area contributed by atoms with Crippen molar-refractivity contribution < 1.29 is 4.42 Å². The quantitative estimate of drug-likeness (QED) is 0.647. The molecule has 0 aliphatic carbocycles. The number of nitriles is 1. The Bertz CT molecular complexity index is 267. The van der Waals surface area contributed by atoms with E-state index in [1.165, 1.54) is 0 Å². The van der Waals surface area contributed by atoms with E-state index in [0.29, 0.717) is 12.3 Å². The van der Waals surface area contributed by atoms with Crippen LogP contribution in [0.5, 0.6) is 0 Å². The minimum atomic E-state index is 0.368. The van der Waals surface area contributed by atoms with Crippen molar-refractivity contribution in [1.82, 2.24) is 0 Å². The number of hydrogen-bond acceptors (Lipinski definition) is 2. The summed E-state index contributed by atoms with van der Waals surface area (Å²) in [5, 5.41) is 8.36. The second-order valence-electron chi connectivity index (χ2n) is 2.84. The Hall–Kier alpha value is -1.23. The summed E-state index contributed by atoms with van der Waals surface area (Å²) in [4.78, 5) is 0. The van der Waals surface area contributed by atoms with Crippen LogP contribution in [0, 0.1) is 11.3 Å². The van der Waals surface area contributed by atoms with Gasteiger partial charge in [0.2, 0.25) is 0 Å². The fourth-order valence-corrected chi connectivity index (χ4v) is 0.871. The zero-order chi connectivity index (χ0) is 8.27. The molecule has 11 heavy (non-hydrogen) atoms. The van der Waals surface area contributed by atoms with Crippen LogP contribution in [0.15, 0.2) is 16.7 Å². The molecule has 0 atom stereocenters. The van der Waals surface area contributed by atoms with E-state index >= 15 is 0 Å². The van der Waals surface area contributed by atoms with Gasteiger partial charge in [0.05, 0.1) is 18.8 Å². The Kier molecular flexibility index (Phi) is 2.32. The van der Waals surface area contributed by atoms with Gasteiger partial charge in [0.1, 0.15) is 5.76 Å². The molecule has 0 amide bonds. The average Bonchev–Trinajstić information content (AvgIpc) is 2.37. The highest BCUT2D eigenvalue weighted by atomic mass is 16.3. The van der Waals surface area contributed by atoms with Gasteiger partial charge in [-0.05, 0) is 17.5 Å². The zero-order valence-electron chi connectivity index (χ0n) is 6.79. The Morgan fingerprint density at radius 3 is 2.82 bits per heavy atom. The average molecular weight is 149 g/mol. The Labute approximate surface area is 66.4 Å². The molecule has 1 heterocycles. The lowest BCUT2D eigenvalue weighted by Crippen LogP contribution is -1.81. The summed E-state index contributed by atoms with van der Waals surface area (Å²) in [6.07, 6.45) is 2.09. The van der Waals surface area contributed by atoms with Gasteiger partial charge in [-0.3, -0.25) is 0 Å². The first-order chi connectivity index (χ1) is 5.24. The molecule has 1 aromatic heterocycles. The van der Waals surface area contributed by atoms with E-state index in [9.17, 15) is 0 Å². The monoisotopic (exact) mass is 149 g/mol. The normalized spacial score (nSPS) is 10.0. The van der Waals surface area contributed by atoms with E-state index < -0.39 is 0 Å². The van der Waals surface area contributed by atoms with Crippen LogP contribution >= 0.6 is 0 Å². The SMILES string of the molecule is CC(C)c1coc(CC#N)c1. The Morgan fingerprint density at radius 2 is 2.36 bits per heavy atom. The zero-order valence-corrected chi connectivity index (χ0v) is 6.79. The lowest BCUT2D eigenvalue weighted by atomic mass is 10.1. The maximum Gasteiger partial charge on any atom is 0.118 e. The highest BCUT2D eigenvalue weighted by molar-refractivity contribution is 5.18. The predicted molar refractivity (Wildman–Crippen MR) is 42.1 cm³/mol. The van der Waals surface area contributed by atoms with Crippen LogP contribution in [0.2, 0.25) is 0 Å². The van der Waals surface area contributed by atoms with Gasteiger partial charge in [-0.15, -0.1) is 0 Å². The second kappa shape index (κ2) is 3.25. The maximum atomic E-state index is 8.36. The molecule has 2 nitrogen and oxygen atoms in total. The fourth-order valence-electron chi connectivity index (χ4n) is 0.871. The minimum absolute atomic E-state index is 0.368. The van der Waals surface area contributed by atoms with Crippen molar-refractivity contribution >= 4 is 0 Å². The molecule has 2 heteroatoms. The largest absolute Gasteiger partial charge is 0.468 e. The minimum Gasteiger partial charge on any atom is -0.468 e. The summed E-state index contributed by atoms with van der Waals surface area (Å²) in [5.74, 6) is 1.24. The van der Waals surface area contributed by atoms with Gasteiger partial charge in [-0.25, -0.2) is 0 Å². The smallest absolute Gasteiger partial charge is 0.118 e. The molecular weight excluding hydrogens is 138 g/mol. The summed E-state index contributed by atoms with van der Waals surface area (Å²) < 4.78 is 5.14. The summed E-state index contributed by atoms with van der Waals surface area (Å²) in [6, 6.07) is 3.98. The molecule has 0 unspecified atom stereocenters. The first kappa shape index (κ1) is 7.87. The van der Waals surface area contributed by atoms with E-state index in [-0.39, 0.29) is 0 Å². The second-order valence-corrected chi connectivity index (χ2v) is 2.84. The van der Waals surface area contributed by atoms with Crippen molar-refractivity contribution in [1.29, 1.82) is 5.26 Å². The van der Waals surface area contributed by atoms with E-state index in [1.807, 2.05) is 12.1 Å². The molecule has 0 radical (unpaired) electrons. The van der Waals surface area contributed by atoms with Gasteiger partial charge < -0.3 is 4.42 Å². The van der Waals surface area contributed by atoms with Crippen LogP contribution in [-0.2, 0) is 6.42 Å². The van der Waals surface area contributed by atoms with Crippen molar-refractivity contribution in [2.24, 2.45) is 0 Å². The predicted octanol–water partition coefficient (Wildman–Crippen LogP) is 2.47. The topological polar surface area (TPSA) is 36.9 Å². The molecular formula is C9H11NO. The van der Waals surface area contributed by atoms with Crippen LogP contribution in [0.3, 0.4) is 0 Å². The standard InChI is InChI=1S/C9H11NO/c1-7(2)8-5-9(3-4-10)11-6-8/h5-7H,3H2,1-2H3. The highest BCUT2D eigenvalue weighted by Crippen LogP contribution is 2.17. The molecule has 0 aliphatic rings. The first-order valence-electron chi connectivity index (χ1n) is 3.68. The van der Waals surface area contributed by atoms with Gasteiger partial charge in [0.25, 0.3) is 0 Å². The van der Waals surface area contributed by atoms with Crippen molar-refractivity contribution in [2.45, 2.75) is 26.2 Å². The summed E-state index contributed by atoms with van der Waals surface area (Å²) in [6.45, 7) is 4.20. The third-order valence-corrected chi connectivity index (χ3v) is 1.59. The lowest BCUT2D eigenvalue weighted by molar-refractivity contribution is 0.521. The molecule has 0 saturated carbocycles. The van der Waals surface area contributed by atoms with Crippen molar-refractivity contribution in [3.05, 3.63) is 23.7 Å². The molecule has 0 aliphatic heterocycles. The number of nitrogens with zero attached hydrogens (tertiary/aromatic N) is 1. The lowest BCUT2D eigenvalue weighted by Gasteiger charge is -1.95. The van der Waals surface area contributed by atoms with Crippen LogP contribution < -0.4 is 0 Å². The molecule has 0 N–H and O–H groups in total.